The van der Waals surface area contributed by atoms with Gasteiger partial charge in [0.2, 0.25) is 5.88 Å². The van der Waals surface area contributed by atoms with Crippen molar-refractivity contribution < 1.29 is 32.2 Å². The maximum Gasteiger partial charge on any atom is 0.491 e. The summed E-state index contributed by atoms with van der Waals surface area (Å²) in [6.07, 6.45) is 1.12. The van der Waals surface area contributed by atoms with Crippen LogP contribution in [-0.2, 0) is 17.6 Å². The predicted molar refractivity (Wildman–Crippen MR) is 112 cm³/mol. The van der Waals surface area contributed by atoms with E-state index >= 15 is 0 Å². The van der Waals surface area contributed by atoms with Gasteiger partial charge in [0.15, 0.2) is 11.5 Å². The molecule has 2 heterocycles. The van der Waals surface area contributed by atoms with Crippen molar-refractivity contribution >= 4 is 16.9 Å². The van der Waals surface area contributed by atoms with Crippen LogP contribution in [0, 0.1) is 0 Å². The molecule has 1 saturated heterocycles. The minimum atomic E-state index is -5.08. The number of hydrogen-bond acceptors (Lipinski definition) is 6. The van der Waals surface area contributed by atoms with Crippen LogP contribution >= 0.6 is 0 Å². The summed E-state index contributed by atoms with van der Waals surface area (Å²) in [4.78, 5) is 18.2. The molecule has 1 aromatic heterocycles. The van der Waals surface area contributed by atoms with Crippen molar-refractivity contribution in [1.29, 1.82) is 0 Å². The summed E-state index contributed by atoms with van der Waals surface area (Å²) >= 11 is 0. The van der Waals surface area contributed by atoms with Crippen LogP contribution in [0.1, 0.15) is 43.2 Å². The van der Waals surface area contributed by atoms with Gasteiger partial charge in [0.25, 0.3) is 0 Å². The Bertz CT molecular complexity index is 988. The van der Waals surface area contributed by atoms with E-state index in [-0.39, 0.29) is 5.88 Å². The Morgan fingerprint density at radius 3 is 2.47 bits per heavy atom. The maximum atomic E-state index is 12.8. The second-order valence-corrected chi connectivity index (χ2v) is 8.24. The van der Waals surface area contributed by atoms with Crippen LogP contribution in [0.2, 0.25) is 0 Å². The van der Waals surface area contributed by atoms with Crippen LogP contribution in [0.5, 0.6) is 17.4 Å². The normalized spacial score (nSPS) is 16.8. The maximum absolute atomic E-state index is 12.8. The highest BCUT2D eigenvalue weighted by atomic mass is 19.4. The van der Waals surface area contributed by atoms with Gasteiger partial charge in [-0.3, -0.25) is 0 Å². The molecule has 0 radical (unpaired) electrons. The predicted octanol–water partition coefficient (Wildman–Crippen LogP) is 4.45. The summed E-state index contributed by atoms with van der Waals surface area (Å²) in [5.74, 6) is -1.50. The Labute approximate surface area is 184 Å². The highest BCUT2D eigenvalue weighted by Gasteiger charge is 2.42. The lowest BCUT2D eigenvalue weighted by Crippen LogP contribution is -2.29. The lowest BCUT2D eigenvalue weighted by atomic mass is 9.89. The highest BCUT2D eigenvalue weighted by Crippen LogP contribution is 2.39. The van der Waals surface area contributed by atoms with E-state index in [1.54, 1.807) is 13.2 Å². The van der Waals surface area contributed by atoms with E-state index in [1.165, 1.54) is 12.8 Å². The smallest absolute Gasteiger partial charge is 0.491 e. The van der Waals surface area contributed by atoms with Crippen molar-refractivity contribution in [2.75, 3.05) is 33.4 Å². The fourth-order valence-corrected chi connectivity index (χ4v) is 4.48. The SMILES string of the molecule is COc1cc2c3c(c(OC(=O)C(F)(F)F)nc2cc1OCCCN1CCCC1)CCCC3. The Morgan fingerprint density at radius 2 is 1.78 bits per heavy atom. The number of methoxy groups -OCH3 is 1. The van der Waals surface area contributed by atoms with Gasteiger partial charge in [-0.2, -0.15) is 13.2 Å². The quantitative estimate of drug-likeness (QED) is 0.457. The molecule has 0 N–H and O–H groups in total. The van der Waals surface area contributed by atoms with E-state index in [0.717, 1.165) is 49.8 Å². The lowest BCUT2D eigenvalue weighted by Gasteiger charge is -2.22. The molecule has 0 bridgehead atoms. The Morgan fingerprint density at radius 1 is 1.06 bits per heavy atom. The standard InChI is InChI=1S/C23H27F3N2O4/c1-30-19-13-17-15-7-2-3-8-16(15)21(32-22(29)23(24,25)26)27-18(17)14-20(19)31-12-6-11-28-9-4-5-10-28/h13-14H,2-12H2,1H3. The third-order valence-corrected chi connectivity index (χ3v) is 6.05. The molecule has 0 atom stereocenters. The summed E-state index contributed by atoms with van der Waals surface area (Å²) < 4.78 is 54.5. The number of aromatic nitrogens is 1. The molecule has 2 aromatic rings. The number of likely N-dealkylation sites (tertiary alicyclic amines) is 1. The first-order valence-electron chi connectivity index (χ1n) is 11.0. The molecular formula is C23H27F3N2O4. The minimum Gasteiger partial charge on any atom is -0.493 e. The number of aryl methyl sites for hydroxylation is 1. The number of benzene rings is 1. The number of pyridine rings is 1. The van der Waals surface area contributed by atoms with Gasteiger partial charge in [0.05, 0.1) is 19.2 Å². The summed E-state index contributed by atoms with van der Waals surface area (Å²) in [6.45, 7) is 3.68. The fraction of sp³-hybridized carbons (Fsp3) is 0.565. The van der Waals surface area contributed by atoms with Crippen LogP contribution in [-0.4, -0.2) is 55.4 Å². The zero-order chi connectivity index (χ0) is 22.7. The van der Waals surface area contributed by atoms with E-state index in [1.807, 2.05) is 6.07 Å². The van der Waals surface area contributed by atoms with E-state index < -0.39 is 12.1 Å². The molecular weight excluding hydrogens is 425 g/mol. The Kier molecular flexibility index (Phi) is 6.74. The molecule has 6 nitrogen and oxygen atoms in total. The third kappa shape index (κ3) is 4.92. The van der Waals surface area contributed by atoms with Gasteiger partial charge in [-0.05, 0) is 69.7 Å². The number of esters is 1. The van der Waals surface area contributed by atoms with Gasteiger partial charge in [-0.15, -0.1) is 0 Å². The third-order valence-electron chi connectivity index (χ3n) is 6.05. The number of halogens is 3. The van der Waals surface area contributed by atoms with Gasteiger partial charge in [-0.1, -0.05) is 0 Å². The van der Waals surface area contributed by atoms with Crippen LogP contribution in [0.4, 0.5) is 13.2 Å². The Balaban J connectivity index is 1.61. The Hall–Kier alpha value is -2.55. The first-order chi connectivity index (χ1) is 15.4. The first kappa shape index (κ1) is 22.6. The van der Waals surface area contributed by atoms with Gasteiger partial charge in [0.1, 0.15) is 0 Å². The van der Waals surface area contributed by atoms with Gasteiger partial charge in [-0.25, -0.2) is 9.78 Å². The monoisotopic (exact) mass is 452 g/mol. The average molecular weight is 452 g/mol. The number of carbonyl (C=O) groups excluding carboxylic acids is 1. The molecule has 0 saturated carbocycles. The molecule has 9 heteroatoms. The van der Waals surface area contributed by atoms with Gasteiger partial charge >= 0.3 is 12.1 Å². The van der Waals surface area contributed by atoms with Crippen LogP contribution in [0.3, 0.4) is 0 Å². The van der Waals surface area contributed by atoms with Crippen LogP contribution < -0.4 is 14.2 Å². The van der Waals surface area contributed by atoms with E-state index in [2.05, 4.69) is 14.6 Å². The largest absolute Gasteiger partial charge is 0.493 e. The number of carbonyl (C=O) groups is 1. The first-order valence-corrected chi connectivity index (χ1v) is 11.0. The molecule has 1 aliphatic carbocycles. The highest BCUT2D eigenvalue weighted by molar-refractivity contribution is 5.89. The van der Waals surface area contributed by atoms with Gasteiger partial charge in [0, 0.05) is 23.6 Å². The number of hydrogen-bond donors (Lipinski definition) is 0. The number of rotatable bonds is 7. The summed E-state index contributed by atoms with van der Waals surface area (Å²) in [6, 6.07) is 3.47. The van der Waals surface area contributed by atoms with E-state index in [9.17, 15) is 18.0 Å². The topological polar surface area (TPSA) is 60.9 Å². The average Bonchev–Trinajstić information content (AvgIpc) is 3.29. The van der Waals surface area contributed by atoms with Crippen molar-refractivity contribution in [3.8, 4) is 17.4 Å². The zero-order valence-corrected chi connectivity index (χ0v) is 18.1. The van der Waals surface area contributed by atoms with Crippen molar-refractivity contribution in [1.82, 2.24) is 9.88 Å². The summed E-state index contributed by atoms with van der Waals surface area (Å²) in [7, 11) is 1.55. The molecule has 0 spiro atoms. The molecule has 1 aliphatic heterocycles. The van der Waals surface area contributed by atoms with Crippen molar-refractivity contribution in [3.05, 3.63) is 23.3 Å². The molecule has 0 unspecified atom stereocenters. The van der Waals surface area contributed by atoms with Gasteiger partial charge < -0.3 is 19.1 Å². The summed E-state index contributed by atoms with van der Waals surface area (Å²) in [5.41, 5.74) is 1.83. The molecule has 174 valence electrons. The lowest BCUT2D eigenvalue weighted by molar-refractivity contribution is -0.190. The second kappa shape index (κ2) is 9.52. The zero-order valence-electron chi connectivity index (χ0n) is 18.1. The summed E-state index contributed by atoms with van der Waals surface area (Å²) in [5, 5.41) is 0.785. The molecule has 1 aromatic carbocycles. The van der Waals surface area contributed by atoms with Crippen LogP contribution in [0.25, 0.3) is 10.9 Å². The number of ether oxygens (including phenoxy) is 3. The number of alkyl halides is 3. The molecule has 1 fully saturated rings. The fourth-order valence-electron chi connectivity index (χ4n) is 4.48. The molecule has 0 amide bonds. The number of fused-ring (bicyclic) bond motifs is 3. The van der Waals surface area contributed by atoms with E-state index in [0.29, 0.717) is 42.0 Å². The van der Waals surface area contributed by atoms with E-state index in [4.69, 9.17) is 9.47 Å². The minimum absolute atomic E-state index is 0.264. The van der Waals surface area contributed by atoms with Crippen molar-refractivity contribution in [3.63, 3.8) is 0 Å². The second-order valence-electron chi connectivity index (χ2n) is 8.24. The molecule has 2 aliphatic rings. The number of nitrogens with zero attached hydrogens (tertiary/aromatic N) is 2. The van der Waals surface area contributed by atoms with Crippen molar-refractivity contribution in [2.24, 2.45) is 0 Å². The van der Waals surface area contributed by atoms with Crippen LogP contribution in [0.15, 0.2) is 12.1 Å². The molecule has 32 heavy (non-hydrogen) atoms. The molecule has 4 rings (SSSR count). The van der Waals surface area contributed by atoms with Crippen molar-refractivity contribution in [2.45, 2.75) is 51.1 Å².